The van der Waals surface area contributed by atoms with Gasteiger partial charge < -0.3 is 10.4 Å². The summed E-state index contributed by atoms with van der Waals surface area (Å²) in [6.45, 7) is 2.69. The van der Waals surface area contributed by atoms with E-state index in [0.717, 1.165) is 13.1 Å². The molecule has 19 heavy (non-hydrogen) atoms. The third kappa shape index (κ3) is 3.67. The predicted molar refractivity (Wildman–Crippen MR) is 86.7 cm³/mol. The van der Waals surface area contributed by atoms with E-state index in [2.05, 4.69) is 5.32 Å². The second-order valence-electron chi connectivity index (χ2n) is 4.40. The Balaban J connectivity index is 2.33. The van der Waals surface area contributed by atoms with Gasteiger partial charge in [-0.25, -0.2) is 8.78 Å². The summed E-state index contributed by atoms with van der Waals surface area (Å²) in [7, 11) is 0. The number of aromatic hydroxyl groups is 1. The van der Waals surface area contributed by atoms with Crippen LogP contribution in [0.3, 0.4) is 0 Å². The Morgan fingerprint density at radius 1 is 1.16 bits per heavy atom. The molecule has 0 saturated carbocycles. The molecule has 0 spiro atoms. The maximum Gasteiger partial charge on any atom is 0.258 e. The molecule has 0 amide bonds. The maximum absolute atomic E-state index is 13.4. The number of rotatable bonds is 3. The molecule has 1 heterocycles. The van der Waals surface area contributed by atoms with Gasteiger partial charge in [-0.3, -0.25) is 4.90 Å². The Morgan fingerprint density at radius 2 is 1.68 bits per heavy atom. The largest absolute Gasteiger partial charge is 0.506 e. The molecule has 0 unspecified atom stereocenters. The number of hydrogen-bond acceptors (Lipinski definition) is 3. The summed E-state index contributed by atoms with van der Waals surface area (Å²) in [6, 6.07) is 2.40. The van der Waals surface area contributed by atoms with Crippen molar-refractivity contribution in [3.05, 3.63) is 24.8 Å². The Kier molecular flexibility index (Phi) is 5.61. The van der Waals surface area contributed by atoms with Crippen LogP contribution in [0.4, 0.5) is 8.78 Å². The van der Waals surface area contributed by atoms with Crippen molar-refractivity contribution in [2.75, 3.05) is 26.2 Å². The van der Waals surface area contributed by atoms with E-state index in [1.54, 1.807) is 17.0 Å². The van der Waals surface area contributed by atoms with E-state index < -0.39 is 12.5 Å². The van der Waals surface area contributed by atoms with Gasteiger partial charge >= 0.3 is 0 Å². The van der Waals surface area contributed by atoms with Gasteiger partial charge in [-0.05, 0) is 62.9 Å². The zero-order valence-corrected chi connectivity index (χ0v) is 14.4. The van der Waals surface area contributed by atoms with Gasteiger partial charge in [0.05, 0.1) is 13.2 Å². The third-order valence-corrected chi connectivity index (χ3v) is 4.81. The van der Waals surface area contributed by atoms with Gasteiger partial charge in [0.25, 0.3) is 6.43 Å². The second-order valence-corrected chi connectivity index (χ2v) is 6.72. The minimum atomic E-state index is -2.44. The van der Waals surface area contributed by atoms with Crippen molar-refractivity contribution in [3.63, 3.8) is 0 Å². The number of nitrogens with one attached hydrogen (secondary N) is 1. The van der Waals surface area contributed by atoms with E-state index in [9.17, 15) is 13.9 Å². The summed E-state index contributed by atoms with van der Waals surface area (Å²) in [4.78, 5) is 1.81. The first-order chi connectivity index (χ1) is 9.00. The molecular formula is C12H14F2I2N2O. The van der Waals surface area contributed by atoms with Gasteiger partial charge in [0.15, 0.2) is 0 Å². The van der Waals surface area contributed by atoms with Gasteiger partial charge in [-0.2, -0.15) is 0 Å². The third-order valence-electron chi connectivity index (χ3n) is 3.16. The highest BCUT2D eigenvalue weighted by atomic mass is 127. The van der Waals surface area contributed by atoms with E-state index in [4.69, 9.17) is 0 Å². The van der Waals surface area contributed by atoms with Crippen molar-refractivity contribution in [1.29, 1.82) is 0 Å². The highest BCUT2D eigenvalue weighted by molar-refractivity contribution is 14.1. The van der Waals surface area contributed by atoms with Gasteiger partial charge in [-0.1, -0.05) is 0 Å². The normalized spacial score (nSPS) is 18.8. The van der Waals surface area contributed by atoms with Crippen molar-refractivity contribution < 1.29 is 13.9 Å². The molecule has 2 N–H and O–H groups in total. The minimum Gasteiger partial charge on any atom is -0.506 e. The number of alkyl halides is 2. The van der Waals surface area contributed by atoms with E-state index >= 15 is 0 Å². The summed E-state index contributed by atoms with van der Waals surface area (Å²) in [5, 5.41) is 12.9. The fourth-order valence-corrected chi connectivity index (χ4v) is 4.05. The molecule has 106 valence electrons. The van der Waals surface area contributed by atoms with Crippen molar-refractivity contribution in [2.45, 2.75) is 12.5 Å². The molecule has 1 aliphatic heterocycles. The molecule has 3 nitrogen and oxygen atoms in total. The number of halogens is 4. The van der Waals surface area contributed by atoms with Gasteiger partial charge in [0.1, 0.15) is 5.75 Å². The molecule has 2 rings (SSSR count). The fraction of sp³-hybridized carbons (Fsp3) is 0.500. The van der Waals surface area contributed by atoms with Crippen LogP contribution < -0.4 is 5.32 Å². The zero-order chi connectivity index (χ0) is 14.0. The number of benzene rings is 1. The summed E-state index contributed by atoms with van der Waals surface area (Å²) < 4.78 is 28.0. The summed E-state index contributed by atoms with van der Waals surface area (Å²) in [6.07, 6.45) is -2.44. The average Bonchev–Trinajstić information content (AvgIpc) is 2.37. The van der Waals surface area contributed by atoms with Crippen LogP contribution in [-0.2, 0) is 0 Å². The number of phenolic OH excluding ortho intramolecular Hbond substituents is 1. The standard InChI is InChI=1S/C12H14F2I2N2O/c13-12(14)10(18-3-1-17-2-4-18)7-5-8(15)11(19)9(16)6-7/h5-6,10,12,17,19H,1-4H2/t10-/m1/s1. The second kappa shape index (κ2) is 6.81. The van der Waals surface area contributed by atoms with Crippen molar-refractivity contribution in [1.82, 2.24) is 10.2 Å². The van der Waals surface area contributed by atoms with Crippen molar-refractivity contribution in [3.8, 4) is 5.75 Å². The van der Waals surface area contributed by atoms with Crippen molar-refractivity contribution >= 4 is 45.2 Å². The lowest BCUT2D eigenvalue weighted by Crippen LogP contribution is -2.46. The molecule has 1 aromatic rings. The highest BCUT2D eigenvalue weighted by Crippen LogP contribution is 2.34. The molecule has 0 radical (unpaired) electrons. The van der Waals surface area contributed by atoms with Crippen LogP contribution in [0.2, 0.25) is 0 Å². The number of nitrogens with zero attached hydrogens (tertiary/aromatic N) is 1. The van der Waals surface area contributed by atoms with Crippen LogP contribution in [0.25, 0.3) is 0 Å². The Hall–Kier alpha value is 0.260. The van der Waals surface area contributed by atoms with E-state index in [-0.39, 0.29) is 5.75 Å². The number of phenols is 1. The molecule has 1 saturated heterocycles. The molecule has 1 aromatic carbocycles. The topological polar surface area (TPSA) is 35.5 Å². The van der Waals surface area contributed by atoms with Crippen LogP contribution in [-0.4, -0.2) is 42.6 Å². The smallest absolute Gasteiger partial charge is 0.258 e. The molecule has 1 aliphatic rings. The first-order valence-electron chi connectivity index (χ1n) is 5.91. The summed E-state index contributed by atoms with van der Waals surface area (Å²) in [5.74, 6) is 0.165. The van der Waals surface area contributed by atoms with E-state index in [0.29, 0.717) is 25.8 Å². The number of hydrogen-bond donors (Lipinski definition) is 2. The molecule has 1 atom stereocenters. The zero-order valence-electron chi connectivity index (χ0n) is 10.0. The maximum atomic E-state index is 13.4. The Bertz CT molecular complexity index is 430. The molecular weight excluding hydrogens is 480 g/mol. The predicted octanol–water partition coefficient (Wildman–Crippen LogP) is 2.81. The van der Waals surface area contributed by atoms with Crippen LogP contribution in [0, 0.1) is 7.14 Å². The quantitative estimate of drug-likeness (QED) is 0.636. The first kappa shape index (κ1) is 15.6. The fourth-order valence-electron chi connectivity index (χ4n) is 2.23. The van der Waals surface area contributed by atoms with Crippen molar-refractivity contribution in [2.24, 2.45) is 0 Å². The van der Waals surface area contributed by atoms with Gasteiger partial charge in [0, 0.05) is 26.2 Å². The Morgan fingerprint density at radius 3 is 2.16 bits per heavy atom. The van der Waals surface area contributed by atoms with Crippen LogP contribution in [0.15, 0.2) is 12.1 Å². The Labute approximate surface area is 138 Å². The lowest BCUT2D eigenvalue weighted by atomic mass is 10.0. The highest BCUT2D eigenvalue weighted by Gasteiger charge is 2.30. The molecule has 0 aliphatic carbocycles. The van der Waals surface area contributed by atoms with Crippen LogP contribution in [0.5, 0.6) is 5.75 Å². The first-order valence-corrected chi connectivity index (χ1v) is 8.07. The molecule has 0 aromatic heterocycles. The molecule has 7 heteroatoms. The van der Waals surface area contributed by atoms with Crippen LogP contribution >= 0.6 is 45.2 Å². The summed E-state index contributed by atoms with van der Waals surface area (Å²) >= 11 is 3.95. The van der Waals surface area contributed by atoms with Crippen LogP contribution in [0.1, 0.15) is 11.6 Å². The SMILES string of the molecule is Oc1c(I)cc([C@H](C(F)F)N2CCNCC2)cc1I. The number of piperazine rings is 1. The summed E-state index contributed by atoms with van der Waals surface area (Å²) in [5.41, 5.74) is 0.573. The van der Waals surface area contributed by atoms with E-state index in [1.807, 2.05) is 45.2 Å². The molecule has 0 bridgehead atoms. The van der Waals surface area contributed by atoms with Gasteiger partial charge in [0.2, 0.25) is 0 Å². The molecule has 1 fully saturated rings. The monoisotopic (exact) mass is 494 g/mol. The van der Waals surface area contributed by atoms with E-state index in [1.165, 1.54) is 0 Å². The van der Waals surface area contributed by atoms with Gasteiger partial charge in [-0.15, -0.1) is 0 Å². The lowest BCUT2D eigenvalue weighted by Gasteiger charge is -2.34. The minimum absolute atomic E-state index is 0.165. The average molecular weight is 494 g/mol. The lowest BCUT2D eigenvalue weighted by molar-refractivity contribution is 0.0181.